The summed E-state index contributed by atoms with van der Waals surface area (Å²) < 4.78 is 60.0. The highest BCUT2D eigenvalue weighted by Gasteiger charge is 2.53. The lowest BCUT2D eigenvalue weighted by molar-refractivity contribution is -0.132. The predicted molar refractivity (Wildman–Crippen MR) is 199 cm³/mol. The highest BCUT2D eigenvalue weighted by molar-refractivity contribution is 7.23. The summed E-state index contributed by atoms with van der Waals surface area (Å²) in [7, 11) is 0. The highest BCUT2D eigenvalue weighted by atomic mass is 35.5. The smallest absolute Gasteiger partial charge is 0.319 e. The first-order valence-electron chi connectivity index (χ1n) is 18.8. The second-order valence-electron chi connectivity index (χ2n) is 15.6. The zero-order valence-electron chi connectivity index (χ0n) is 29.3. The highest BCUT2D eigenvalue weighted by Crippen LogP contribution is 2.51. The topological polar surface area (TPSA) is 143 Å². The normalized spacial score (nSPS) is 27.9. The Balaban J connectivity index is 1.10. The first-order valence-corrected chi connectivity index (χ1v) is 19.9. The molecule has 0 spiro atoms. The monoisotopic (exact) mass is 778 g/mol. The van der Waals surface area contributed by atoms with Crippen LogP contribution in [0.1, 0.15) is 50.5 Å². The summed E-state index contributed by atoms with van der Waals surface area (Å²) in [5.41, 5.74) is 5.59. The number of nitrogens with zero attached hydrogens (tertiary/aromatic N) is 6. The number of aromatic nitrogens is 2. The van der Waals surface area contributed by atoms with Crippen molar-refractivity contribution < 1.29 is 27.4 Å². The van der Waals surface area contributed by atoms with Crippen LogP contribution < -0.4 is 25.4 Å². The zero-order valence-corrected chi connectivity index (χ0v) is 30.9. The number of nitrogen functional groups attached to an aromatic ring is 1. The van der Waals surface area contributed by atoms with E-state index in [4.69, 9.17) is 31.8 Å². The average Bonchev–Trinajstić information content (AvgIpc) is 4.07. The maximum absolute atomic E-state index is 17.4. The van der Waals surface area contributed by atoms with Crippen LogP contribution in [0.2, 0.25) is 5.02 Å². The number of nitriles is 1. The number of hydrogen-bond acceptors (Lipinski definition) is 11. The van der Waals surface area contributed by atoms with Gasteiger partial charge in [-0.05, 0) is 62.6 Å². The lowest BCUT2D eigenvalue weighted by Gasteiger charge is -2.39. The molecule has 54 heavy (non-hydrogen) atoms. The van der Waals surface area contributed by atoms with Crippen molar-refractivity contribution in [2.24, 2.45) is 5.92 Å². The van der Waals surface area contributed by atoms with Gasteiger partial charge in [-0.15, -0.1) is 11.3 Å². The van der Waals surface area contributed by atoms with E-state index in [-0.39, 0.29) is 96.7 Å². The number of alkyl halides is 1. The van der Waals surface area contributed by atoms with E-state index in [0.29, 0.717) is 44.3 Å². The molecule has 1 saturated carbocycles. The fourth-order valence-electron chi connectivity index (χ4n) is 9.59. The standard InChI is InChI=1S/C38H38ClF3N8O3S/c39-27-25(21-6-7-23(41)33-24(21)22(14-43)34(44)54-33)28(42)30-26-32(27)52-12-11-50(20-3-1-9-48(16-20)36(51)31-29(45-31)18-4-5-18)35(26)47-37(46-30)53-17-38-8-2-10-49(38)15-19(40)13-38/h6-7,18-20,29,31,45H,1-5,8-13,15-17,44H2/t19-,20?,29+,31-,38+/m1/s1. The van der Waals surface area contributed by atoms with Gasteiger partial charge in [-0.3, -0.25) is 15.0 Å². The minimum Gasteiger partial charge on any atom is -0.489 e. The Morgan fingerprint density at radius 1 is 1.17 bits per heavy atom. The van der Waals surface area contributed by atoms with Gasteiger partial charge in [0.25, 0.3) is 0 Å². The van der Waals surface area contributed by atoms with Gasteiger partial charge in [0.15, 0.2) is 11.6 Å². The predicted octanol–water partition coefficient (Wildman–Crippen LogP) is 5.79. The summed E-state index contributed by atoms with van der Waals surface area (Å²) >= 11 is 8.02. The molecule has 6 aliphatic rings. The van der Waals surface area contributed by atoms with Gasteiger partial charge in [0.1, 0.15) is 53.6 Å². The van der Waals surface area contributed by atoms with Gasteiger partial charge in [-0.25, -0.2) is 13.2 Å². The number of likely N-dealkylation sites (tertiary alicyclic amines) is 1. The Kier molecular flexibility index (Phi) is 8.10. The molecule has 0 radical (unpaired) electrons. The van der Waals surface area contributed by atoms with Crippen LogP contribution >= 0.6 is 22.9 Å². The number of amides is 1. The number of piperidine rings is 1. The second-order valence-corrected chi connectivity index (χ2v) is 17.1. The van der Waals surface area contributed by atoms with Gasteiger partial charge in [0, 0.05) is 49.1 Å². The SMILES string of the molecule is N#Cc1c(N)sc2c(F)ccc(-c3c(Cl)c4c5c(nc(OC[C@@]67CCCN6C[C@H](F)C7)nc5c3F)N(C3CCCN(C(=O)[C@@H]5N[C@H]5C5CC5)C3)CCO4)c12. The van der Waals surface area contributed by atoms with E-state index < -0.39 is 23.3 Å². The van der Waals surface area contributed by atoms with Crippen LogP contribution in [0.3, 0.4) is 0 Å². The lowest BCUT2D eigenvalue weighted by atomic mass is 9.95. The average molecular weight is 779 g/mol. The Labute approximate surface area is 318 Å². The number of hydrogen-bond donors (Lipinski definition) is 2. The molecule has 5 fully saturated rings. The van der Waals surface area contributed by atoms with Crippen molar-refractivity contribution >= 4 is 60.7 Å². The Bertz CT molecular complexity index is 2280. The maximum atomic E-state index is 17.4. The molecule has 5 atom stereocenters. The molecule has 4 aromatic rings. The van der Waals surface area contributed by atoms with Crippen molar-refractivity contribution in [2.75, 3.05) is 56.6 Å². The van der Waals surface area contributed by atoms with E-state index >= 15 is 8.78 Å². The van der Waals surface area contributed by atoms with Crippen molar-refractivity contribution in [2.45, 2.75) is 74.8 Å². The van der Waals surface area contributed by atoms with Crippen molar-refractivity contribution in [1.29, 1.82) is 5.26 Å². The van der Waals surface area contributed by atoms with E-state index in [2.05, 4.69) is 20.1 Å². The van der Waals surface area contributed by atoms with Gasteiger partial charge in [-0.1, -0.05) is 17.7 Å². The lowest BCUT2D eigenvalue weighted by Crippen LogP contribution is -2.52. The number of fused-ring (bicyclic) bond motifs is 2. The molecule has 7 heterocycles. The molecule has 2 aromatic carbocycles. The summed E-state index contributed by atoms with van der Waals surface area (Å²) in [6.45, 7) is 2.88. The molecule has 10 rings (SSSR count). The minimum atomic E-state index is -0.965. The molecule has 0 bridgehead atoms. The first kappa shape index (κ1) is 34.4. The first-order chi connectivity index (χ1) is 26.2. The molecular weight excluding hydrogens is 741 g/mol. The molecular formula is C38H38ClF3N8O3S. The van der Waals surface area contributed by atoms with E-state index in [1.165, 1.54) is 12.1 Å². The third-order valence-electron chi connectivity index (χ3n) is 12.4. The van der Waals surface area contributed by atoms with Crippen LogP contribution in [0.4, 0.5) is 24.0 Å². The quantitative estimate of drug-likeness (QED) is 0.222. The fraction of sp³-hybridized carbons (Fsp3) is 0.526. The molecule has 282 valence electrons. The molecule has 3 N–H and O–H groups in total. The van der Waals surface area contributed by atoms with Crippen LogP contribution in [-0.2, 0) is 4.79 Å². The number of ether oxygens (including phenoxy) is 2. The van der Waals surface area contributed by atoms with Crippen molar-refractivity contribution in [1.82, 2.24) is 25.1 Å². The van der Waals surface area contributed by atoms with Crippen LogP contribution in [-0.4, -0.2) is 101 Å². The maximum Gasteiger partial charge on any atom is 0.319 e. The van der Waals surface area contributed by atoms with Crippen LogP contribution in [0.5, 0.6) is 11.8 Å². The molecule has 1 amide bonds. The van der Waals surface area contributed by atoms with Gasteiger partial charge in [0.2, 0.25) is 5.91 Å². The van der Waals surface area contributed by atoms with Gasteiger partial charge >= 0.3 is 6.01 Å². The molecule has 11 nitrogen and oxygen atoms in total. The Morgan fingerprint density at radius 2 is 2.02 bits per heavy atom. The van der Waals surface area contributed by atoms with Crippen LogP contribution in [0, 0.1) is 28.9 Å². The largest absolute Gasteiger partial charge is 0.489 e. The number of benzene rings is 2. The summed E-state index contributed by atoms with van der Waals surface area (Å²) in [5, 5.41) is 13.8. The van der Waals surface area contributed by atoms with Crippen LogP contribution in [0.25, 0.3) is 32.1 Å². The third kappa shape index (κ3) is 5.38. The number of halogens is 4. The van der Waals surface area contributed by atoms with E-state index in [9.17, 15) is 14.4 Å². The molecule has 2 aromatic heterocycles. The van der Waals surface area contributed by atoms with Crippen molar-refractivity contribution in [3.05, 3.63) is 34.4 Å². The van der Waals surface area contributed by atoms with E-state index in [0.717, 1.165) is 56.4 Å². The Hall–Kier alpha value is -4.10. The summed E-state index contributed by atoms with van der Waals surface area (Å²) in [4.78, 5) is 29.3. The molecule has 4 saturated heterocycles. The zero-order chi connectivity index (χ0) is 37.0. The molecule has 1 unspecified atom stereocenters. The van der Waals surface area contributed by atoms with E-state index in [1.54, 1.807) is 0 Å². The number of carbonyl (C=O) groups excluding carboxylic acids is 1. The molecule has 5 aliphatic heterocycles. The van der Waals surface area contributed by atoms with Crippen LogP contribution in [0.15, 0.2) is 12.1 Å². The minimum absolute atomic E-state index is 0.0229. The number of rotatable bonds is 7. The summed E-state index contributed by atoms with van der Waals surface area (Å²) in [5.74, 6) is -0.207. The third-order valence-corrected chi connectivity index (χ3v) is 13.8. The van der Waals surface area contributed by atoms with Gasteiger partial charge in [-0.2, -0.15) is 15.2 Å². The van der Waals surface area contributed by atoms with Gasteiger partial charge < -0.3 is 25.0 Å². The summed E-state index contributed by atoms with van der Waals surface area (Å²) in [6, 6.07) is 4.49. The number of carbonyl (C=O) groups is 1. The number of nitrogens with two attached hydrogens (primary N) is 1. The summed E-state index contributed by atoms with van der Waals surface area (Å²) in [6.07, 6.45) is 4.91. The van der Waals surface area contributed by atoms with E-state index in [1.807, 2.05) is 11.0 Å². The molecule has 16 heteroatoms. The number of anilines is 2. The number of thiophene rings is 1. The Morgan fingerprint density at radius 3 is 2.83 bits per heavy atom. The second kappa shape index (κ2) is 12.7. The molecule has 1 aliphatic carbocycles. The van der Waals surface area contributed by atoms with Gasteiger partial charge in [0.05, 0.1) is 32.8 Å². The number of nitrogens with one attached hydrogen (secondary N) is 1. The fourth-order valence-corrected chi connectivity index (χ4v) is 10.9. The van der Waals surface area contributed by atoms with Crippen molar-refractivity contribution in [3.8, 4) is 29.0 Å². The van der Waals surface area contributed by atoms with Crippen molar-refractivity contribution in [3.63, 3.8) is 0 Å².